The van der Waals surface area contributed by atoms with E-state index in [9.17, 15) is 13.2 Å². The summed E-state index contributed by atoms with van der Waals surface area (Å²) in [5.74, 6) is -0.813. The van der Waals surface area contributed by atoms with Gasteiger partial charge >= 0.3 is 6.61 Å². The Balaban J connectivity index is 2.94. The average molecular weight is 191 g/mol. The first-order valence-electron chi connectivity index (χ1n) is 3.55. The molecule has 0 spiro atoms. The molecule has 72 valence electrons. The van der Waals surface area contributed by atoms with Crippen LogP contribution in [0.1, 0.15) is 0 Å². The van der Waals surface area contributed by atoms with E-state index in [2.05, 4.69) is 10.1 Å². The minimum atomic E-state index is -2.95. The maximum atomic E-state index is 12.6. The summed E-state index contributed by atoms with van der Waals surface area (Å²) in [5, 5.41) is 2.60. The predicted octanol–water partition coefficient (Wildman–Crippen LogP) is 2.47. The predicted molar refractivity (Wildman–Crippen MR) is 42.6 cm³/mol. The molecule has 0 aliphatic rings. The zero-order chi connectivity index (χ0) is 9.84. The van der Waals surface area contributed by atoms with Gasteiger partial charge in [0.15, 0.2) is 5.75 Å². The Morgan fingerprint density at radius 1 is 1.38 bits per heavy atom. The molecule has 0 saturated heterocycles. The van der Waals surface area contributed by atoms with Gasteiger partial charge in [0.05, 0.1) is 5.69 Å². The molecule has 0 saturated carbocycles. The van der Waals surface area contributed by atoms with Crippen LogP contribution in [0.5, 0.6) is 5.75 Å². The Morgan fingerprint density at radius 3 is 2.62 bits per heavy atom. The Bertz CT molecular complexity index is 291. The summed E-state index contributed by atoms with van der Waals surface area (Å²) in [7, 11) is 1.53. The highest BCUT2D eigenvalue weighted by molar-refractivity contribution is 5.55. The van der Waals surface area contributed by atoms with Crippen LogP contribution in [0.3, 0.4) is 0 Å². The van der Waals surface area contributed by atoms with Crippen molar-refractivity contribution in [2.75, 3.05) is 12.4 Å². The zero-order valence-corrected chi connectivity index (χ0v) is 6.85. The van der Waals surface area contributed by atoms with Crippen LogP contribution in [0.2, 0.25) is 0 Å². The number of halogens is 3. The van der Waals surface area contributed by atoms with E-state index in [0.717, 1.165) is 12.1 Å². The minimum absolute atomic E-state index is 0.197. The third-order valence-corrected chi connectivity index (χ3v) is 1.43. The molecule has 1 rings (SSSR count). The smallest absolute Gasteiger partial charge is 0.387 e. The van der Waals surface area contributed by atoms with Crippen LogP contribution in [0.4, 0.5) is 18.9 Å². The summed E-state index contributed by atoms with van der Waals surface area (Å²) in [6.45, 7) is -2.95. The first-order chi connectivity index (χ1) is 6.13. The van der Waals surface area contributed by atoms with Crippen molar-refractivity contribution in [2.45, 2.75) is 6.61 Å². The maximum Gasteiger partial charge on any atom is 0.387 e. The molecule has 1 aromatic carbocycles. The third-order valence-electron chi connectivity index (χ3n) is 1.43. The van der Waals surface area contributed by atoms with Gasteiger partial charge in [-0.3, -0.25) is 0 Å². The summed E-state index contributed by atoms with van der Waals surface area (Å²) in [6, 6.07) is 3.38. The molecule has 5 heteroatoms. The SMILES string of the molecule is CNc1ccc(F)cc1OC(F)F. The van der Waals surface area contributed by atoms with Crippen molar-refractivity contribution in [1.29, 1.82) is 0 Å². The second kappa shape index (κ2) is 4.02. The number of hydrogen-bond acceptors (Lipinski definition) is 2. The van der Waals surface area contributed by atoms with E-state index in [1.165, 1.54) is 13.1 Å². The first kappa shape index (κ1) is 9.70. The van der Waals surface area contributed by atoms with Crippen LogP contribution in [0.15, 0.2) is 18.2 Å². The number of rotatable bonds is 3. The Morgan fingerprint density at radius 2 is 2.08 bits per heavy atom. The molecular formula is C8H8F3NO. The highest BCUT2D eigenvalue weighted by Gasteiger charge is 2.09. The van der Waals surface area contributed by atoms with Gasteiger partial charge in [0.1, 0.15) is 5.82 Å². The monoisotopic (exact) mass is 191 g/mol. The summed E-state index contributed by atoms with van der Waals surface area (Å²) < 4.78 is 40.3. The third kappa shape index (κ3) is 2.54. The van der Waals surface area contributed by atoms with Crippen molar-refractivity contribution < 1.29 is 17.9 Å². The maximum absolute atomic E-state index is 12.6. The lowest BCUT2D eigenvalue weighted by molar-refractivity contribution is -0.0495. The lowest BCUT2D eigenvalue weighted by Crippen LogP contribution is -2.04. The fourth-order valence-electron chi connectivity index (χ4n) is 0.896. The van der Waals surface area contributed by atoms with Crippen molar-refractivity contribution in [3.8, 4) is 5.75 Å². The molecule has 0 bridgehead atoms. The minimum Gasteiger partial charge on any atom is -0.433 e. The van der Waals surface area contributed by atoms with Gasteiger partial charge in [-0.15, -0.1) is 0 Å². The summed E-state index contributed by atoms with van der Waals surface area (Å²) in [4.78, 5) is 0. The van der Waals surface area contributed by atoms with Crippen molar-refractivity contribution in [2.24, 2.45) is 0 Å². The summed E-state index contributed by atoms with van der Waals surface area (Å²) in [6.07, 6.45) is 0. The van der Waals surface area contributed by atoms with Crippen LogP contribution in [-0.2, 0) is 0 Å². The topological polar surface area (TPSA) is 21.3 Å². The van der Waals surface area contributed by atoms with Crippen molar-refractivity contribution in [3.63, 3.8) is 0 Å². The fourth-order valence-corrected chi connectivity index (χ4v) is 0.896. The lowest BCUT2D eigenvalue weighted by Gasteiger charge is -2.09. The van der Waals surface area contributed by atoms with E-state index >= 15 is 0 Å². The highest BCUT2D eigenvalue weighted by atomic mass is 19.3. The Labute approximate surface area is 73.3 Å². The molecule has 0 aromatic heterocycles. The number of ether oxygens (including phenoxy) is 1. The average Bonchev–Trinajstić information content (AvgIpc) is 2.03. The second-order valence-electron chi connectivity index (χ2n) is 2.27. The van der Waals surface area contributed by atoms with Gasteiger partial charge in [-0.1, -0.05) is 0 Å². The molecule has 1 N–H and O–H groups in total. The molecule has 0 radical (unpaired) electrons. The molecule has 2 nitrogen and oxygen atoms in total. The quantitative estimate of drug-likeness (QED) is 0.792. The molecule has 13 heavy (non-hydrogen) atoms. The first-order valence-corrected chi connectivity index (χ1v) is 3.55. The normalized spacial score (nSPS) is 10.2. The number of nitrogens with one attached hydrogen (secondary N) is 1. The van der Waals surface area contributed by atoms with Crippen LogP contribution in [-0.4, -0.2) is 13.7 Å². The fraction of sp³-hybridized carbons (Fsp3) is 0.250. The number of hydrogen-bond donors (Lipinski definition) is 1. The van der Waals surface area contributed by atoms with Gasteiger partial charge in [-0.05, 0) is 12.1 Å². The van der Waals surface area contributed by atoms with Gasteiger partial charge in [-0.25, -0.2) is 4.39 Å². The molecule has 0 fully saturated rings. The van der Waals surface area contributed by atoms with Crippen LogP contribution >= 0.6 is 0 Å². The van der Waals surface area contributed by atoms with E-state index in [1.807, 2.05) is 0 Å². The highest BCUT2D eigenvalue weighted by Crippen LogP contribution is 2.26. The van der Waals surface area contributed by atoms with Gasteiger partial charge in [-0.2, -0.15) is 8.78 Å². The zero-order valence-electron chi connectivity index (χ0n) is 6.85. The Kier molecular flexibility index (Phi) is 3.00. The second-order valence-corrected chi connectivity index (χ2v) is 2.27. The van der Waals surface area contributed by atoms with E-state index < -0.39 is 12.4 Å². The molecule has 0 heterocycles. The number of anilines is 1. The lowest BCUT2D eigenvalue weighted by atomic mass is 10.3. The van der Waals surface area contributed by atoms with Crippen LogP contribution < -0.4 is 10.1 Å². The van der Waals surface area contributed by atoms with Gasteiger partial charge in [0.2, 0.25) is 0 Å². The molecule has 0 amide bonds. The molecule has 1 aromatic rings. The number of benzene rings is 1. The largest absolute Gasteiger partial charge is 0.433 e. The van der Waals surface area contributed by atoms with Gasteiger partial charge in [0, 0.05) is 13.1 Å². The van der Waals surface area contributed by atoms with Crippen molar-refractivity contribution >= 4 is 5.69 Å². The van der Waals surface area contributed by atoms with Crippen LogP contribution in [0.25, 0.3) is 0 Å². The van der Waals surface area contributed by atoms with Crippen molar-refractivity contribution in [1.82, 2.24) is 0 Å². The molecule has 0 aliphatic carbocycles. The number of alkyl halides is 2. The van der Waals surface area contributed by atoms with Crippen LogP contribution in [0, 0.1) is 5.82 Å². The van der Waals surface area contributed by atoms with E-state index in [4.69, 9.17) is 0 Å². The van der Waals surface area contributed by atoms with Crippen molar-refractivity contribution in [3.05, 3.63) is 24.0 Å². The standard InChI is InChI=1S/C8H8F3NO/c1-12-6-3-2-5(9)4-7(6)13-8(10)11/h2-4,8,12H,1H3. The molecule has 0 unspecified atom stereocenters. The van der Waals surface area contributed by atoms with E-state index in [0.29, 0.717) is 5.69 Å². The molecule has 0 aliphatic heterocycles. The molecule has 0 atom stereocenters. The van der Waals surface area contributed by atoms with E-state index in [-0.39, 0.29) is 5.75 Å². The van der Waals surface area contributed by atoms with Gasteiger partial charge < -0.3 is 10.1 Å². The summed E-state index contributed by atoms with van der Waals surface area (Å²) >= 11 is 0. The summed E-state index contributed by atoms with van der Waals surface area (Å²) in [5.41, 5.74) is 0.321. The van der Waals surface area contributed by atoms with Gasteiger partial charge in [0.25, 0.3) is 0 Å². The van der Waals surface area contributed by atoms with E-state index in [1.54, 1.807) is 0 Å². The molecular weight excluding hydrogens is 183 g/mol. The Hall–Kier alpha value is -1.39.